The van der Waals surface area contributed by atoms with Crippen molar-refractivity contribution in [1.82, 2.24) is 0 Å². The predicted octanol–water partition coefficient (Wildman–Crippen LogP) is 6.24. The molecule has 18 heavy (non-hydrogen) atoms. The van der Waals surface area contributed by atoms with Crippen molar-refractivity contribution in [2.45, 2.75) is 97.8 Å². The molecule has 106 valence electrons. The molecule has 0 aliphatic carbocycles. The van der Waals surface area contributed by atoms with Gasteiger partial charge in [-0.25, -0.2) is 0 Å². The van der Waals surface area contributed by atoms with Gasteiger partial charge in [0, 0.05) is 0 Å². The van der Waals surface area contributed by atoms with Crippen LogP contribution in [0.4, 0.5) is 0 Å². The average molecular weight is 251 g/mol. The summed E-state index contributed by atoms with van der Waals surface area (Å²) < 4.78 is 0. The molecule has 0 unspecified atom stereocenters. The van der Waals surface area contributed by atoms with E-state index in [1.807, 2.05) is 0 Å². The summed E-state index contributed by atoms with van der Waals surface area (Å²) in [6, 6.07) is 2.69. The summed E-state index contributed by atoms with van der Waals surface area (Å²) >= 11 is 0. The molecule has 0 N–H and O–H groups in total. The van der Waals surface area contributed by atoms with E-state index in [1.54, 1.807) is 0 Å². The van der Waals surface area contributed by atoms with Gasteiger partial charge >= 0.3 is 0 Å². The summed E-state index contributed by atoms with van der Waals surface area (Å²) in [7, 11) is 0. The van der Waals surface area contributed by atoms with Crippen LogP contribution in [0.1, 0.15) is 97.8 Å². The van der Waals surface area contributed by atoms with Gasteiger partial charge < -0.3 is 0 Å². The molecule has 0 atom stereocenters. The van der Waals surface area contributed by atoms with Gasteiger partial charge in [-0.2, -0.15) is 5.26 Å². The number of nitrogens with zero attached hydrogens (tertiary/aromatic N) is 1. The van der Waals surface area contributed by atoms with Gasteiger partial charge in [0.2, 0.25) is 0 Å². The van der Waals surface area contributed by atoms with Crippen LogP contribution >= 0.6 is 0 Å². The van der Waals surface area contributed by atoms with Crippen molar-refractivity contribution < 1.29 is 0 Å². The van der Waals surface area contributed by atoms with E-state index in [0.717, 1.165) is 19.3 Å². The molecule has 0 aromatic carbocycles. The fourth-order valence-corrected chi connectivity index (χ4v) is 2.68. The van der Waals surface area contributed by atoms with Crippen molar-refractivity contribution in [3.05, 3.63) is 0 Å². The molecule has 0 saturated carbocycles. The monoisotopic (exact) mass is 251 g/mol. The van der Waals surface area contributed by atoms with E-state index < -0.39 is 0 Å². The lowest BCUT2D eigenvalue weighted by Gasteiger charge is -2.27. The fourth-order valence-electron chi connectivity index (χ4n) is 2.68. The number of hydrogen-bond acceptors (Lipinski definition) is 1. The molecule has 0 rings (SSSR count). The van der Waals surface area contributed by atoms with E-state index in [0.29, 0.717) is 0 Å². The molecule has 0 radical (unpaired) electrons. The highest BCUT2D eigenvalue weighted by Crippen LogP contribution is 2.36. The highest BCUT2D eigenvalue weighted by atomic mass is 14.4. The van der Waals surface area contributed by atoms with Gasteiger partial charge in [0.1, 0.15) is 0 Å². The van der Waals surface area contributed by atoms with Gasteiger partial charge in [0.25, 0.3) is 0 Å². The largest absolute Gasteiger partial charge is 0.198 e. The third-order valence-corrected chi connectivity index (χ3v) is 4.01. The molecule has 0 bridgehead atoms. The Morgan fingerprint density at radius 1 is 0.667 bits per heavy atom. The zero-order valence-corrected chi connectivity index (χ0v) is 12.9. The second-order valence-corrected chi connectivity index (χ2v) is 5.76. The molecule has 0 heterocycles. The molecule has 0 aliphatic rings. The maximum Gasteiger partial charge on any atom is 0.0689 e. The van der Waals surface area contributed by atoms with E-state index in [9.17, 15) is 5.26 Å². The zero-order chi connectivity index (χ0) is 13.7. The lowest BCUT2D eigenvalue weighted by atomic mass is 9.75. The highest BCUT2D eigenvalue weighted by molar-refractivity contribution is 4.98. The van der Waals surface area contributed by atoms with E-state index in [1.165, 1.54) is 57.8 Å². The number of rotatable bonds is 12. The Kier molecular flexibility index (Phi) is 11.2. The maximum atomic E-state index is 9.62. The van der Waals surface area contributed by atoms with E-state index in [4.69, 9.17) is 0 Å². The Morgan fingerprint density at radius 3 is 1.22 bits per heavy atom. The summed E-state index contributed by atoms with van der Waals surface area (Å²) in [6.07, 6.45) is 14.7. The first-order chi connectivity index (χ1) is 8.74. The molecule has 0 amide bonds. The third kappa shape index (κ3) is 7.75. The standard InChI is InChI=1S/C17H33N/c1-4-7-10-13-17(16-18,14-11-8-5-2)15-12-9-6-3/h4-15H2,1-3H3. The molecule has 0 aromatic rings. The summed E-state index contributed by atoms with van der Waals surface area (Å²) in [4.78, 5) is 0. The van der Waals surface area contributed by atoms with E-state index in [-0.39, 0.29) is 5.41 Å². The Hall–Kier alpha value is -0.510. The van der Waals surface area contributed by atoms with Crippen LogP contribution in [0.25, 0.3) is 0 Å². The van der Waals surface area contributed by atoms with Crippen LogP contribution in [0.3, 0.4) is 0 Å². The Balaban J connectivity index is 4.27. The maximum absolute atomic E-state index is 9.62. The van der Waals surface area contributed by atoms with Crippen molar-refractivity contribution in [2.75, 3.05) is 0 Å². The summed E-state index contributed by atoms with van der Waals surface area (Å²) in [5.74, 6) is 0. The minimum Gasteiger partial charge on any atom is -0.198 e. The van der Waals surface area contributed by atoms with Gasteiger partial charge in [0.15, 0.2) is 0 Å². The Labute approximate surface area is 115 Å². The molecular weight excluding hydrogens is 218 g/mol. The molecule has 0 spiro atoms. The first kappa shape index (κ1) is 17.5. The third-order valence-electron chi connectivity index (χ3n) is 4.01. The van der Waals surface area contributed by atoms with Crippen molar-refractivity contribution in [3.8, 4) is 6.07 Å². The van der Waals surface area contributed by atoms with Crippen molar-refractivity contribution >= 4 is 0 Å². The topological polar surface area (TPSA) is 23.8 Å². The smallest absolute Gasteiger partial charge is 0.0689 e. The number of hydrogen-bond donors (Lipinski definition) is 0. The molecule has 0 fully saturated rings. The second kappa shape index (κ2) is 11.6. The number of nitriles is 1. The minimum atomic E-state index is -0.000486. The first-order valence-corrected chi connectivity index (χ1v) is 8.16. The van der Waals surface area contributed by atoms with Crippen LogP contribution < -0.4 is 0 Å². The quantitative estimate of drug-likeness (QED) is 0.377. The van der Waals surface area contributed by atoms with Gasteiger partial charge in [0.05, 0.1) is 11.5 Å². The van der Waals surface area contributed by atoms with Crippen molar-refractivity contribution in [3.63, 3.8) is 0 Å². The fraction of sp³-hybridized carbons (Fsp3) is 0.941. The number of unbranched alkanes of at least 4 members (excludes halogenated alkanes) is 6. The predicted molar refractivity (Wildman–Crippen MR) is 80.5 cm³/mol. The highest BCUT2D eigenvalue weighted by Gasteiger charge is 2.28. The molecule has 0 saturated heterocycles. The lowest BCUT2D eigenvalue weighted by molar-refractivity contribution is 0.277. The molecule has 1 heteroatoms. The van der Waals surface area contributed by atoms with E-state index >= 15 is 0 Å². The van der Waals surface area contributed by atoms with Crippen molar-refractivity contribution in [1.29, 1.82) is 5.26 Å². The molecule has 0 aliphatic heterocycles. The van der Waals surface area contributed by atoms with Gasteiger partial charge in [-0.15, -0.1) is 0 Å². The zero-order valence-electron chi connectivity index (χ0n) is 12.9. The normalized spacial score (nSPS) is 11.4. The van der Waals surface area contributed by atoms with Crippen LogP contribution in [0, 0.1) is 16.7 Å². The Morgan fingerprint density at radius 2 is 1.00 bits per heavy atom. The SMILES string of the molecule is CCCCCC(C#N)(CCCCC)CCCCC. The van der Waals surface area contributed by atoms with Crippen molar-refractivity contribution in [2.24, 2.45) is 5.41 Å². The Bertz CT molecular complexity index is 188. The first-order valence-electron chi connectivity index (χ1n) is 8.16. The van der Waals surface area contributed by atoms with Crippen LogP contribution in [0.15, 0.2) is 0 Å². The van der Waals surface area contributed by atoms with Gasteiger partial charge in [-0.05, 0) is 19.3 Å². The van der Waals surface area contributed by atoms with Crippen LogP contribution in [-0.4, -0.2) is 0 Å². The van der Waals surface area contributed by atoms with E-state index in [2.05, 4.69) is 26.8 Å². The molecular formula is C17H33N. The summed E-state index contributed by atoms with van der Waals surface area (Å²) in [5, 5.41) is 9.62. The minimum absolute atomic E-state index is 0.000486. The van der Waals surface area contributed by atoms with Crippen LogP contribution in [0.2, 0.25) is 0 Å². The molecule has 0 aromatic heterocycles. The lowest BCUT2D eigenvalue weighted by Crippen LogP contribution is -2.19. The van der Waals surface area contributed by atoms with Gasteiger partial charge in [-0.1, -0.05) is 78.6 Å². The average Bonchev–Trinajstić information content (AvgIpc) is 2.39. The van der Waals surface area contributed by atoms with Crippen LogP contribution in [-0.2, 0) is 0 Å². The molecule has 1 nitrogen and oxygen atoms in total. The summed E-state index contributed by atoms with van der Waals surface area (Å²) in [6.45, 7) is 6.71. The second-order valence-electron chi connectivity index (χ2n) is 5.76. The van der Waals surface area contributed by atoms with Gasteiger partial charge in [-0.3, -0.25) is 0 Å². The van der Waals surface area contributed by atoms with Crippen LogP contribution in [0.5, 0.6) is 0 Å². The summed E-state index contributed by atoms with van der Waals surface area (Å²) in [5.41, 5.74) is -0.000486.